The van der Waals surface area contributed by atoms with Gasteiger partial charge in [0.15, 0.2) is 9.84 Å². The zero-order chi connectivity index (χ0) is 22.8. The molecule has 0 spiro atoms. The summed E-state index contributed by atoms with van der Waals surface area (Å²) in [5.74, 6) is -1.00. The highest BCUT2D eigenvalue weighted by Crippen LogP contribution is 2.29. The van der Waals surface area contributed by atoms with Gasteiger partial charge in [0.05, 0.1) is 10.5 Å². The van der Waals surface area contributed by atoms with Crippen LogP contribution in [0.4, 0.5) is 5.00 Å². The van der Waals surface area contributed by atoms with Gasteiger partial charge < -0.3 is 10.6 Å². The lowest BCUT2D eigenvalue weighted by Gasteiger charge is -2.30. The second kappa shape index (κ2) is 9.07. The number of piperidine rings is 1. The van der Waals surface area contributed by atoms with Crippen LogP contribution in [0, 0.1) is 5.92 Å². The third-order valence-corrected chi connectivity index (χ3v) is 9.14. The number of sulfonamides is 1. The largest absolute Gasteiger partial charge is 0.355 e. The number of nitrogens with zero attached hydrogens (tertiary/aromatic N) is 1. The predicted octanol–water partition coefficient (Wildman–Crippen LogP) is 1.55. The summed E-state index contributed by atoms with van der Waals surface area (Å²) < 4.78 is 51.3. The molecule has 1 aromatic carbocycles. The van der Waals surface area contributed by atoms with E-state index >= 15 is 0 Å². The van der Waals surface area contributed by atoms with E-state index in [1.54, 1.807) is 11.4 Å². The smallest absolute Gasteiger partial charge is 0.254 e. The molecule has 0 atom stereocenters. The van der Waals surface area contributed by atoms with Crippen LogP contribution in [0.3, 0.4) is 0 Å². The summed E-state index contributed by atoms with van der Waals surface area (Å²) >= 11 is 1.24. The molecule has 3 rings (SSSR count). The molecule has 0 saturated carbocycles. The van der Waals surface area contributed by atoms with Gasteiger partial charge in [-0.1, -0.05) is 12.1 Å². The maximum absolute atomic E-state index is 13.1. The van der Waals surface area contributed by atoms with Crippen molar-refractivity contribution in [1.29, 1.82) is 0 Å². The van der Waals surface area contributed by atoms with Crippen LogP contribution in [0.1, 0.15) is 23.2 Å². The molecule has 0 aliphatic carbocycles. The van der Waals surface area contributed by atoms with Gasteiger partial charge in [-0.3, -0.25) is 9.59 Å². The lowest BCUT2D eigenvalue weighted by molar-refractivity contribution is -0.120. The number of benzene rings is 1. The quantitative estimate of drug-likeness (QED) is 0.639. The number of hydrogen-bond donors (Lipinski definition) is 2. The molecule has 0 unspecified atom stereocenters. The Bertz CT molecular complexity index is 1200. The minimum Gasteiger partial charge on any atom is -0.355 e. The van der Waals surface area contributed by atoms with Crippen LogP contribution >= 0.6 is 11.3 Å². The van der Waals surface area contributed by atoms with E-state index < -0.39 is 25.8 Å². The molecule has 1 saturated heterocycles. The lowest BCUT2D eigenvalue weighted by Crippen LogP contribution is -2.41. The van der Waals surface area contributed by atoms with E-state index in [1.165, 1.54) is 47.0 Å². The Labute approximate surface area is 185 Å². The molecule has 2 N–H and O–H groups in total. The molecule has 1 fully saturated rings. The first-order valence-corrected chi connectivity index (χ1v) is 13.7. The fourth-order valence-corrected chi connectivity index (χ4v) is 7.26. The van der Waals surface area contributed by atoms with Gasteiger partial charge in [0.2, 0.25) is 15.9 Å². The van der Waals surface area contributed by atoms with Gasteiger partial charge in [0.25, 0.3) is 5.91 Å². The Kier molecular flexibility index (Phi) is 6.84. The van der Waals surface area contributed by atoms with Crippen LogP contribution in [0.5, 0.6) is 0 Å². The third-order valence-electron chi connectivity index (χ3n) is 5.06. The monoisotopic (exact) mass is 485 g/mol. The van der Waals surface area contributed by atoms with E-state index in [2.05, 4.69) is 10.6 Å². The predicted molar refractivity (Wildman–Crippen MR) is 117 cm³/mol. The van der Waals surface area contributed by atoms with E-state index in [4.69, 9.17) is 0 Å². The Morgan fingerprint density at radius 1 is 1.03 bits per heavy atom. The second-order valence-corrected chi connectivity index (χ2v) is 11.9. The topological polar surface area (TPSA) is 130 Å². The van der Waals surface area contributed by atoms with E-state index in [-0.39, 0.29) is 47.5 Å². The zero-order valence-corrected chi connectivity index (χ0v) is 19.4. The average molecular weight is 486 g/mol. The van der Waals surface area contributed by atoms with Gasteiger partial charge in [-0.2, -0.15) is 4.31 Å². The van der Waals surface area contributed by atoms with Crippen molar-refractivity contribution in [3.63, 3.8) is 0 Å². The minimum atomic E-state index is -4.02. The number of hydrogen-bond acceptors (Lipinski definition) is 7. The lowest BCUT2D eigenvalue weighted by atomic mass is 9.97. The summed E-state index contributed by atoms with van der Waals surface area (Å²) in [5, 5.41) is 7.42. The molecule has 1 aromatic heterocycles. The molecule has 2 amide bonds. The highest BCUT2D eigenvalue weighted by Gasteiger charge is 2.34. The van der Waals surface area contributed by atoms with E-state index in [1.807, 2.05) is 0 Å². The summed E-state index contributed by atoms with van der Waals surface area (Å²) in [6.45, 7) is 0.177. The van der Waals surface area contributed by atoms with Crippen molar-refractivity contribution in [3.8, 4) is 0 Å². The number of carbonyl (C=O) groups excluding carboxylic acids is 2. The molecule has 12 heteroatoms. The SMILES string of the molecule is CNC(=O)c1ccsc1NC(=O)C1CCN(S(=O)(=O)c2ccccc2S(C)(=O)=O)CC1. The number of sulfone groups is 1. The molecule has 1 aliphatic heterocycles. The van der Waals surface area contributed by atoms with Gasteiger partial charge in [-0.25, -0.2) is 16.8 Å². The van der Waals surface area contributed by atoms with Crippen molar-refractivity contribution in [3.05, 3.63) is 41.3 Å². The van der Waals surface area contributed by atoms with Crippen LogP contribution in [-0.2, 0) is 24.7 Å². The number of anilines is 1. The minimum absolute atomic E-state index is 0.0886. The molecule has 2 heterocycles. The van der Waals surface area contributed by atoms with Crippen molar-refractivity contribution >= 4 is 48.0 Å². The number of carbonyl (C=O) groups is 2. The zero-order valence-electron chi connectivity index (χ0n) is 17.0. The van der Waals surface area contributed by atoms with Gasteiger partial charge in [-0.15, -0.1) is 11.3 Å². The number of rotatable bonds is 6. The fourth-order valence-electron chi connectivity index (χ4n) is 3.40. The Morgan fingerprint density at radius 3 is 2.23 bits per heavy atom. The number of thiophene rings is 1. The Hall–Kier alpha value is -2.28. The summed E-state index contributed by atoms with van der Waals surface area (Å²) in [7, 11) is -6.24. The van der Waals surface area contributed by atoms with Crippen molar-refractivity contribution in [2.75, 3.05) is 31.7 Å². The Balaban J connectivity index is 1.71. The number of amides is 2. The first-order valence-electron chi connectivity index (χ1n) is 9.45. The molecule has 31 heavy (non-hydrogen) atoms. The molecule has 9 nitrogen and oxygen atoms in total. The van der Waals surface area contributed by atoms with Crippen molar-refractivity contribution in [1.82, 2.24) is 9.62 Å². The molecule has 0 bridgehead atoms. The molecule has 0 radical (unpaired) electrons. The highest BCUT2D eigenvalue weighted by atomic mass is 32.2. The van der Waals surface area contributed by atoms with E-state index in [0.717, 1.165) is 6.26 Å². The summed E-state index contributed by atoms with van der Waals surface area (Å²) in [6, 6.07) is 7.12. The average Bonchev–Trinajstić information content (AvgIpc) is 3.20. The first-order chi connectivity index (χ1) is 14.6. The first kappa shape index (κ1) is 23.4. The van der Waals surface area contributed by atoms with E-state index in [0.29, 0.717) is 10.6 Å². The molecular weight excluding hydrogens is 462 g/mol. The molecule has 2 aromatic rings. The molecule has 1 aliphatic rings. The van der Waals surface area contributed by atoms with Crippen LogP contribution in [-0.4, -0.2) is 59.3 Å². The maximum Gasteiger partial charge on any atom is 0.254 e. The summed E-state index contributed by atoms with van der Waals surface area (Å²) in [4.78, 5) is 24.0. The van der Waals surface area contributed by atoms with Crippen LogP contribution in [0.25, 0.3) is 0 Å². The van der Waals surface area contributed by atoms with Crippen LogP contribution in [0.2, 0.25) is 0 Å². The van der Waals surface area contributed by atoms with Gasteiger partial charge in [0.1, 0.15) is 9.90 Å². The summed E-state index contributed by atoms with van der Waals surface area (Å²) in [5.41, 5.74) is 0.373. The highest BCUT2D eigenvalue weighted by molar-refractivity contribution is 7.93. The normalized spacial score (nSPS) is 16.1. The van der Waals surface area contributed by atoms with Gasteiger partial charge >= 0.3 is 0 Å². The molecule has 168 valence electrons. The van der Waals surface area contributed by atoms with Gasteiger partial charge in [0, 0.05) is 32.3 Å². The van der Waals surface area contributed by atoms with Crippen molar-refractivity contribution in [2.45, 2.75) is 22.6 Å². The third kappa shape index (κ3) is 4.97. The van der Waals surface area contributed by atoms with Gasteiger partial charge in [-0.05, 0) is 36.4 Å². The second-order valence-electron chi connectivity index (χ2n) is 7.13. The number of nitrogens with one attached hydrogen (secondary N) is 2. The van der Waals surface area contributed by atoms with Crippen molar-refractivity contribution in [2.24, 2.45) is 5.92 Å². The summed E-state index contributed by atoms with van der Waals surface area (Å²) in [6.07, 6.45) is 1.54. The standard InChI is InChI=1S/C19H23N3O6S3/c1-20-18(24)14-9-12-29-19(14)21-17(23)13-7-10-22(11-8-13)31(27,28)16-6-4-3-5-15(16)30(2,25)26/h3-6,9,12-13H,7-8,10-11H2,1-2H3,(H,20,24)(H,21,23). The van der Waals surface area contributed by atoms with Crippen LogP contribution in [0.15, 0.2) is 45.5 Å². The van der Waals surface area contributed by atoms with Crippen molar-refractivity contribution < 1.29 is 26.4 Å². The Morgan fingerprint density at radius 2 is 1.65 bits per heavy atom. The fraction of sp³-hybridized carbons (Fsp3) is 0.368. The molecular formula is C19H23N3O6S3. The van der Waals surface area contributed by atoms with Crippen LogP contribution < -0.4 is 10.6 Å². The maximum atomic E-state index is 13.1. The van der Waals surface area contributed by atoms with E-state index in [9.17, 15) is 26.4 Å².